The fraction of sp³-hybridized carbons (Fsp3) is 0.417. The number of nitrogens with one attached hydrogen (secondary N) is 1. The van der Waals surface area contributed by atoms with E-state index in [2.05, 4.69) is 5.32 Å². The average Bonchev–Trinajstić information content (AvgIpc) is 2.28. The highest BCUT2D eigenvalue weighted by molar-refractivity contribution is 6.31. The van der Waals surface area contributed by atoms with E-state index in [1.807, 2.05) is 0 Å². The number of aliphatic carboxylic acids is 1. The zero-order valence-electron chi connectivity index (χ0n) is 9.54. The predicted octanol–water partition coefficient (Wildman–Crippen LogP) is 2.47. The van der Waals surface area contributed by atoms with Gasteiger partial charge in [-0.05, 0) is 50.1 Å². The molecule has 1 aromatic carbocycles. The molecule has 0 unspecified atom stereocenters. The minimum absolute atomic E-state index is 0.326. The number of halogens is 2. The van der Waals surface area contributed by atoms with Gasteiger partial charge in [0.25, 0.3) is 0 Å². The van der Waals surface area contributed by atoms with Gasteiger partial charge in [-0.25, -0.2) is 4.39 Å². The van der Waals surface area contributed by atoms with Crippen LogP contribution in [0.25, 0.3) is 0 Å². The number of benzene rings is 1. The normalized spacial score (nSPS) is 12.4. The molecule has 0 aliphatic rings. The van der Waals surface area contributed by atoms with Gasteiger partial charge >= 0.3 is 5.97 Å². The van der Waals surface area contributed by atoms with Crippen LogP contribution in [0.1, 0.15) is 18.4 Å². The number of carbonyl (C=O) groups is 1. The lowest BCUT2D eigenvalue weighted by Gasteiger charge is -2.11. The number of likely N-dealkylation sites (N-methyl/N-ethyl adjacent to an activating group) is 1. The summed E-state index contributed by atoms with van der Waals surface area (Å²) in [7, 11) is 1.61. The Morgan fingerprint density at radius 1 is 1.59 bits per heavy atom. The van der Waals surface area contributed by atoms with Gasteiger partial charge in [0.05, 0.1) is 0 Å². The van der Waals surface area contributed by atoms with E-state index in [4.69, 9.17) is 16.7 Å². The summed E-state index contributed by atoms with van der Waals surface area (Å²) in [5.41, 5.74) is 0.715. The maximum atomic E-state index is 13.0. The largest absolute Gasteiger partial charge is 0.480 e. The Balaban J connectivity index is 2.50. The van der Waals surface area contributed by atoms with Crippen molar-refractivity contribution in [3.63, 3.8) is 0 Å². The second-order valence-corrected chi connectivity index (χ2v) is 4.21. The molecule has 1 atom stereocenters. The maximum absolute atomic E-state index is 13.0. The minimum Gasteiger partial charge on any atom is -0.480 e. The topological polar surface area (TPSA) is 49.3 Å². The van der Waals surface area contributed by atoms with E-state index in [1.54, 1.807) is 7.05 Å². The first-order chi connectivity index (χ1) is 8.04. The molecule has 0 radical (unpaired) electrons. The highest BCUT2D eigenvalue weighted by atomic mass is 35.5. The summed E-state index contributed by atoms with van der Waals surface area (Å²) >= 11 is 5.91. The Labute approximate surface area is 105 Å². The summed E-state index contributed by atoms with van der Waals surface area (Å²) in [6.07, 6.45) is 1.70. The summed E-state index contributed by atoms with van der Waals surface area (Å²) in [5, 5.41) is 12.0. The highest BCUT2D eigenvalue weighted by Crippen LogP contribution is 2.19. The number of hydrogen-bond acceptors (Lipinski definition) is 2. The Bertz CT molecular complexity index is 398. The molecular weight excluding hydrogens is 245 g/mol. The molecule has 17 heavy (non-hydrogen) atoms. The van der Waals surface area contributed by atoms with Crippen LogP contribution in [0.15, 0.2) is 18.2 Å². The monoisotopic (exact) mass is 259 g/mol. The number of hydrogen-bond donors (Lipinski definition) is 2. The molecule has 0 aromatic heterocycles. The standard InChI is InChI=1S/C12H15ClFNO2/c1-15-11(12(16)17)4-2-3-8-7-9(14)5-6-10(8)13/h5-7,11,15H,2-4H2,1H3,(H,16,17)/t11-/m0/s1. The summed E-state index contributed by atoms with van der Waals surface area (Å²) in [5.74, 6) is -1.20. The van der Waals surface area contributed by atoms with Crippen molar-refractivity contribution in [2.45, 2.75) is 25.3 Å². The molecule has 0 saturated heterocycles. The van der Waals surface area contributed by atoms with Crippen LogP contribution in [-0.4, -0.2) is 24.2 Å². The molecule has 0 bridgehead atoms. The first-order valence-corrected chi connectivity index (χ1v) is 5.76. The molecule has 0 amide bonds. The van der Waals surface area contributed by atoms with Crippen molar-refractivity contribution in [3.8, 4) is 0 Å². The molecule has 5 heteroatoms. The van der Waals surface area contributed by atoms with Crippen LogP contribution in [0.4, 0.5) is 4.39 Å². The van der Waals surface area contributed by atoms with Crippen molar-refractivity contribution in [2.24, 2.45) is 0 Å². The van der Waals surface area contributed by atoms with E-state index in [0.29, 0.717) is 29.8 Å². The minimum atomic E-state index is -0.877. The molecule has 1 rings (SSSR count). The molecule has 1 aromatic rings. The van der Waals surface area contributed by atoms with Crippen LogP contribution in [0, 0.1) is 5.82 Å². The smallest absolute Gasteiger partial charge is 0.320 e. The summed E-state index contributed by atoms with van der Waals surface area (Å²) < 4.78 is 13.0. The molecule has 3 nitrogen and oxygen atoms in total. The Kier molecular flexibility index (Phi) is 5.38. The predicted molar refractivity (Wildman–Crippen MR) is 64.8 cm³/mol. The summed E-state index contributed by atoms with van der Waals surface area (Å²) in [4.78, 5) is 10.7. The first kappa shape index (κ1) is 13.9. The molecule has 0 spiro atoms. The molecule has 0 fully saturated rings. The number of rotatable bonds is 6. The van der Waals surface area contributed by atoms with Gasteiger partial charge in [-0.3, -0.25) is 4.79 Å². The van der Waals surface area contributed by atoms with Crippen molar-refractivity contribution in [2.75, 3.05) is 7.05 Å². The van der Waals surface area contributed by atoms with E-state index >= 15 is 0 Å². The van der Waals surface area contributed by atoms with E-state index in [1.165, 1.54) is 18.2 Å². The van der Waals surface area contributed by atoms with Crippen LogP contribution in [0.3, 0.4) is 0 Å². The van der Waals surface area contributed by atoms with Crippen molar-refractivity contribution < 1.29 is 14.3 Å². The third-order valence-corrected chi connectivity index (χ3v) is 2.96. The third-order valence-electron chi connectivity index (χ3n) is 2.59. The van der Waals surface area contributed by atoms with Gasteiger partial charge in [0.15, 0.2) is 0 Å². The first-order valence-electron chi connectivity index (χ1n) is 5.38. The quantitative estimate of drug-likeness (QED) is 0.825. The number of carboxylic acid groups (broad SMARTS) is 1. The van der Waals surface area contributed by atoms with E-state index in [9.17, 15) is 9.18 Å². The van der Waals surface area contributed by atoms with Crippen LogP contribution in [0.2, 0.25) is 5.02 Å². The molecule has 94 valence electrons. The van der Waals surface area contributed by atoms with Crippen molar-refractivity contribution in [1.29, 1.82) is 0 Å². The Hall–Kier alpha value is -1.13. The van der Waals surface area contributed by atoms with Gasteiger partial charge in [-0.1, -0.05) is 11.6 Å². The Morgan fingerprint density at radius 3 is 2.88 bits per heavy atom. The van der Waals surface area contributed by atoms with Crippen molar-refractivity contribution in [1.82, 2.24) is 5.32 Å². The zero-order chi connectivity index (χ0) is 12.8. The lowest BCUT2D eigenvalue weighted by molar-refractivity contribution is -0.139. The summed E-state index contributed by atoms with van der Waals surface area (Å²) in [6, 6.07) is 3.64. The van der Waals surface area contributed by atoms with E-state index < -0.39 is 12.0 Å². The number of aryl methyl sites for hydroxylation is 1. The SMILES string of the molecule is CN[C@@H](CCCc1cc(F)ccc1Cl)C(=O)O. The van der Waals surface area contributed by atoms with Gasteiger partial charge in [0.2, 0.25) is 0 Å². The highest BCUT2D eigenvalue weighted by Gasteiger charge is 2.14. The van der Waals surface area contributed by atoms with Gasteiger partial charge in [-0.2, -0.15) is 0 Å². The van der Waals surface area contributed by atoms with Crippen LogP contribution in [0.5, 0.6) is 0 Å². The average molecular weight is 260 g/mol. The fourth-order valence-corrected chi connectivity index (χ4v) is 1.83. The van der Waals surface area contributed by atoms with Crippen LogP contribution in [-0.2, 0) is 11.2 Å². The van der Waals surface area contributed by atoms with E-state index in [-0.39, 0.29) is 5.82 Å². The lowest BCUT2D eigenvalue weighted by atomic mass is 10.0. The molecule has 0 aliphatic carbocycles. The van der Waals surface area contributed by atoms with Gasteiger partial charge < -0.3 is 10.4 Å². The molecule has 0 saturated carbocycles. The van der Waals surface area contributed by atoms with Crippen LogP contribution < -0.4 is 5.32 Å². The second-order valence-electron chi connectivity index (χ2n) is 3.81. The van der Waals surface area contributed by atoms with Gasteiger partial charge in [-0.15, -0.1) is 0 Å². The molecule has 0 heterocycles. The maximum Gasteiger partial charge on any atom is 0.320 e. The van der Waals surface area contributed by atoms with Gasteiger partial charge in [0.1, 0.15) is 11.9 Å². The van der Waals surface area contributed by atoms with Crippen LogP contribution >= 0.6 is 11.6 Å². The van der Waals surface area contributed by atoms with Gasteiger partial charge in [0, 0.05) is 5.02 Å². The molecule has 2 N–H and O–H groups in total. The molecule has 0 aliphatic heterocycles. The molecular formula is C12H15ClFNO2. The van der Waals surface area contributed by atoms with Crippen molar-refractivity contribution in [3.05, 3.63) is 34.6 Å². The van der Waals surface area contributed by atoms with E-state index in [0.717, 1.165) is 0 Å². The number of carboxylic acids is 1. The fourth-order valence-electron chi connectivity index (χ4n) is 1.62. The Morgan fingerprint density at radius 2 is 2.29 bits per heavy atom. The summed E-state index contributed by atoms with van der Waals surface area (Å²) in [6.45, 7) is 0. The third kappa shape index (κ3) is 4.32. The zero-order valence-corrected chi connectivity index (χ0v) is 10.3. The lowest BCUT2D eigenvalue weighted by Crippen LogP contribution is -2.33. The second kappa shape index (κ2) is 6.57. The van der Waals surface area contributed by atoms with Crippen molar-refractivity contribution >= 4 is 17.6 Å².